The lowest BCUT2D eigenvalue weighted by Gasteiger charge is -2.26. The number of carbonyl (C=O) groups is 1. The lowest BCUT2D eigenvalue weighted by molar-refractivity contribution is -0.139. The highest BCUT2D eigenvalue weighted by molar-refractivity contribution is 9.10. The van der Waals surface area contributed by atoms with Gasteiger partial charge in [0.15, 0.2) is 4.80 Å². The molecule has 224 valence electrons. The van der Waals surface area contributed by atoms with E-state index in [9.17, 15) is 14.9 Å². The SMILES string of the molecule is CCOC(=O)C1=C(C)N=c2s/c(=C\c3cc(Br)ccc3OCc3ccccc3C#N)c(=O)n2[C@H]1c1ccccc1OC(C)C. The van der Waals surface area contributed by atoms with Gasteiger partial charge in [-0.25, -0.2) is 9.79 Å². The number of ether oxygens (including phenoxy) is 3. The molecule has 1 aromatic heterocycles. The van der Waals surface area contributed by atoms with Crippen LogP contribution in [0.25, 0.3) is 6.08 Å². The number of rotatable bonds is 9. The minimum atomic E-state index is -0.803. The molecule has 5 rings (SSSR count). The Morgan fingerprint density at radius 1 is 1.14 bits per heavy atom. The van der Waals surface area contributed by atoms with Gasteiger partial charge in [0.2, 0.25) is 0 Å². The molecule has 4 aromatic rings. The predicted molar refractivity (Wildman–Crippen MR) is 172 cm³/mol. The maximum Gasteiger partial charge on any atom is 0.338 e. The summed E-state index contributed by atoms with van der Waals surface area (Å²) in [5, 5.41) is 9.47. The van der Waals surface area contributed by atoms with Gasteiger partial charge in [0.25, 0.3) is 5.56 Å². The molecule has 3 aromatic carbocycles. The average molecular weight is 673 g/mol. The molecule has 0 saturated carbocycles. The Morgan fingerprint density at radius 3 is 2.64 bits per heavy atom. The van der Waals surface area contributed by atoms with Crippen LogP contribution in [0.3, 0.4) is 0 Å². The van der Waals surface area contributed by atoms with E-state index < -0.39 is 12.0 Å². The summed E-state index contributed by atoms with van der Waals surface area (Å²) in [6.07, 6.45) is 1.63. The Balaban J connectivity index is 1.65. The minimum absolute atomic E-state index is 0.127. The summed E-state index contributed by atoms with van der Waals surface area (Å²) < 4.78 is 20.5. The highest BCUT2D eigenvalue weighted by Crippen LogP contribution is 2.36. The molecular formula is C34H30BrN3O5S. The second-order valence-corrected chi connectivity index (χ2v) is 12.2. The van der Waals surface area contributed by atoms with Gasteiger partial charge in [-0.05, 0) is 64.1 Å². The van der Waals surface area contributed by atoms with Crippen molar-refractivity contribution in [3.8, 4) is 17.6 Å². The van der Waals surface area contributed by atoms with Crippen LogP contribution in [0.2, 0.25) is 0 Å². The largest absolute Gasteiger partial charge is 0.491 e. The summed E-state index contributed by atoms with van der Waals surface area (Å²) in [4.78, 5) is 32.7. The van der Waals surface area contributed by atoms with Crippen molar-refractivity contribution in [1.82, 2.24) is 4.57 Å². The third-order valence-corrected chi connectivity index (χ3v) is 8.35. The zero-order chi connectivity index (χ0) is 31.4. The fraction of sp³-hybridized carbons (Fsp3) is 0.235. The van der Waals surface area contributed by atoms with Crippen LogP contribution in [-0.4, -0.2) is 23.2 Å². The Labute approximate surface area is 267 Å². The van der Waals surface area contributed by atoms with Crippen LogP contribution in [0, 0.1) is 11.3 Å². The fourth-order valence-corrected chi connectivity index (χ4v) is 6.39. The molecule has 44 heavy (non-hydrogen) atoms. The third-order valence-electron chi connectivity index (χ3n) is 6.87. The summed E-state index contributed by atoms with van der Waals surface area (Å²) in [6, 6.07) is 21.6. The maximum absolute atomic E-state index is 14.2. The summed E-state index contributed by atoms with van der Waals surface area (Å²) in [5.74, 6) is 0.578. The molecule has 0 spiro atoms. The zero-order valence-corrected chi connectivity index (χ0v) is 27.1. The molecule has 1 aliphatic rings. The number of aromatic nitrogens is 1. The summed E-state index contributed by atoms with van der Waals surface area (Å²) in [6.45, 7) is 7.70. The van der Waals surface area contributed by atoms with Gasteiger partial charge in [0.1, 0.15) is 24.1 Å². The lowest BCUT2D eigenvalue weighted by Crippen LogP contribution is -2.40. The van der Waals surface area contributed by atoms with E-state index in [2.05, 4.69) is 27.0 Å². The number of para-hydroxylation sites is 1. The highest BCUT2D eigenvalue weighted by atomic mass is 79.9. The van der Waals surface area contributed by atoms with Gasteiger partial charge in [0, 0.05) is 21.2 Å². The van der Waals surface area contributed by atoms with E-state index >= 15 is 0 Å². The van der Waals surface area contributed by atoms with Crippen LogP contribution in [0.1, 0.15) is 56.0 Å². The van der Waals surface area contributed by atoms with Crippen molar-refractivity contribution in [1.29, 1.82) is 5.26 Å². The number of fused-ring (bicyclic) bond motifs is 1. The number of nitriles is 1. The number of halogens is 1. The van der Waals surface area contributed by atoms with Gasteiger partial charge in [0.05, 0.1) is 40.1 Å². The average Bonchev–Trinajstić information content (AvgIpc) is 3.30. The molecule has 1 atom stereocenters. The predicted octanol–water partition coefficient (Wildman–Crippen LogP) is 5.80. The molecule has 8 nitrogen and oxygen atoms in total. The number of carbonyl (C=O) groups excluding carboxylic acids is 1. The lowest BCUT2D eigenvalue weighted by atomic mass is 9.95. The number of hydrogen-bond donors (Lipinski definition) is 0. The molecule has 0 fully saturated rings. The third kappa shape index (κ3) is 6.39. The number of nitrogens with zero attached hydrogens (tertiary/aromatic N) is 3. The first-order chi connectivity index (χ1) is 21.2. The monoisotopic (exact) mass is 671 g/mol. The Morgan fingerprint density at radius 2 is 1.89 bits per heavy atom. The molecule has 2 heterocycles. The van der Waals surface area contributed by atoms with Crippen molar-refractivity contribution < 1.29 is 19.0 Å². The molecule has 10 heteroatoms. The molecule has 0 amide bonds. The Kier molecular flexibility index (Phi) is 9.47. The summed E-state index contributed by atoms with van der Waals surface area (Å²) in [5.41, 5.74) is 3.07. The van der Waals surface area contributed by atoms with Crippen molar-refractivity contribution >= 4 is 39.3 Å². The molecule has 0 aliphatic carbocycles. The first-order valence-corrected chi connectivity index (χ1v) is 15.7. The minimum Gasteiger partial charge on any atom is -0.491 e. The molecule has 0 unspecified atom stereocenters. The van der Waals surface area contributed by atoms with Gasteiger partial charge in [-0.15, -0.1) is 0 Å². The van der Waals surface area contributed by atoms with Crippen molar-refractivity contribution in [3.63, 3.8) is 0 Å². The first-order valence-electron chi connectivity index (χ1n) is 14.1. The van der Waals surface area contributed by atoms with E-state index in [4.69, 9.17) is 14.2 Å². The van der Waals surface area contributed by atoms with Crippen LogP contribution < -0.4 is 24.4 Å². The second-order valence-electron chi connectivity index (χ2n) is 10.2. The molecule has 0 bridgehead atoms. The van der Waals surface area contributed by atoms with E-state index in [1.807, 2.05) is 74.5 Å². The van der Waals surface area contributed by atoms with Gasteiger partial charge in [-0.1, -0.05) is 63.7 Å². The van der Waals surface area contributed by atoms with Crippen molar-refractivity contribution in [2.45, 2.75) is 46.4 Å². The first kappa shape index (κ1) is 31.0. The van der Waals surface area contributed by atoms with E-state index in [0.717, 1.165) is 10.0 Å². The molecule has 1 aliphatic heterocycles. The van der Waals surface area contributed by atoms with Crippen molar-refractivity contribution in [3.05, 3.63) is 124 Å². The van der Waals surface area contributed by atoms with Gasteiger partial charge in [-0.2, -0.15) is 5.26 Å². The molecule has 0 N–H and O–H groups in total. The number of esters is 1. The van der Waals surface area contributed by atoms with E-state index in [0.29, 0.717) is 43.2 Å². The Bertz CT molecular complexity index is 1990. The van der Waals surface area contributed by atoms with E-state index in [1.165, 1.54) is 11.3 Å². The maximum atomic E-state index is 14.2. The second kappa shape index (κ2) is 13.5. The zero-order valence-electron chi connectivity index (χ0n) is 24.7. The summed E-state index contributed by atoms with van der Waals surface area (Å²) >= 11 is 4.76. The summed E-state index contributed by atoms with van der Waals surface area (Å²) in [7, 11) is 0. The number of hydrogen-bond acceptors (Lipinski definition) is 8. The van der Waals surface area contributed by atoms with Gasteiger partial charge < -0.3 is 14.2 Å². The van der Waals surface area contributed by atoms with Crippen molar-refractivity contribution in [2.75, 3.05) is 6.61 Å². The van der Waals surface area contributed by atoms with Gasteiger partial charge in [-0.3, -0.25) is 9.36 Å². The molecular weight excluding hydrogens is 642 g/mol. The van der Waals surface area contributed by atoms with Crippen LogP contribution in [0.4, 0.5) is 0 Å². The quantitative estimate of drug-likeness (QED) is 0.209. The topological polar surface area (TPSA) is 103 Å². The highest BCUT2D eigenvalue weighted by Gasteiger charge is 2.35. The standard InChI is InChI=1S/C34H30BrN3O5S/c1-5-41-33(40)30-21(4)37-34-38(31(30)26-12-8-9-13-28(26)43-20(2)3)32(39)29(44-34)17-24-16-25(35)14-15-27(24)42-19-23-11-7-6-10-22(23)18-36/h6-17,20,31H,5,19H2,1-4H3/b29-17-/t31-/m0/s1. The van der Waals surface area contributed by atoms with E-state index in [-0.39, 0.29) is 30.5 Å². The normalized spacial score (nSPS) is 14.6. The van der Waals surface area contributed by atoms with Crippen LogP contribution in [0.5, 0.6) is 11.5 Å². The van der Waals surface area contributed by atoms with Crippen LogP contribution >= 0.6 is 27.3 Å². The van der Waals surface area contributed by atoms with Gasteiger partial charge >= 0.3 is 5.97 Å². The van der Waals surface area contributed by atoms with Crippen LogP contribution in [-0.2, 0) is 16.1 Å². The Hall–Kier alpha value is -4.46. The number of benzene rings is 3. The number of allylic oxidation sites excluding steroid dienone is 1. The fourth-order valence-electron chi connectivity index (χ4n) is 4.97. The number of thiazole rings is 1. The van der Waals surface area contributed by atoms with Crippen LogP contribution in [0.15, 0.2) is 92.3 Å². The smallest absolute Gasteiger partial charge is 0.338 e. The molecule has 0 saturated heterocycles. The molecule has 0 radical (unpaired) electrons. The van der Waals surface area contributed by atoms with Crippen molar-refractivity contribution in [2.24, 2.45) is 4.99 Å². The van der Waals surface area contributed by atoms with E-state index in [1.54, 1.807) is 30.6 Å².